The molecule has 1 rings (SSSR count). The van der Waals surface area contributed by atoms with Crippen LogP contribution in [0.1, 0.15) is 20.8 Å². The van der Waals surface area contributed by atoms with Crippen LogP contribution in [-0.4, -0.2) is 39.9 Å². The zero-order valence-electron chi connectivity index (χ0n) is 11.4. The fourth-order valence-corrected chi connectivity index (χ4v) is 1.80. The summed E-state index contributed by atoms with van der Waals surface area (Å²) in [7, 11) is -0.827. The van der Waals surface area contributed by atoms with Crippen molar-refractivity contribution in [2.75, 3.05) is 6.61 Å². The van der Waals surface area contributed by atoms with Crippen LogP contribution in [0.25, 0.3) is 0 Å². The predicted molar refractivity (Wildman–Crippen MR) is 76.0 cm³/mol. The summed E-state index contributed by atoms with van der Waals surface area (Å²) in [6, 6.07) is 6.86. The summed E-state index contributed by atoms with van der Waals surface area (Å²) < 4.78 is 11.2. The molecule has 0 spiro atoms. The molecule has 6 heteroatoms. The Morgan fingerprint density at radius 1 is 1.28 bits per heavy atom. The highest BCUT2D eigenvalue weighted by molar-refractivity contribution is 6.59. The van der Waals surface area contributed by atoms with Gasteiger partial charge in [-0.15, -0.1) is 0 Å². The van der Waals surface area contributed by atoms with Gasteiger partial charge in [0.05, 0.1) is 16.8 Å². The molecule has 0 saturated heterocycles. The van der Waals surface area contributed by atoms with Crippen molar-refractivity contribution in [3.63, 3.8) is 0 Å². The average molecular weight is 268 g/mol. The first-order valence-corrected chi connectivity index (χ1v) is 7.18. The minimum atomic E-state index is -1.53. The third-order valence-electron chi connectivity index (χ3n) is 2.24. The average Bonchev–Trinajstić information content (AvgIpc) is 2.26. The van der Waals surface area contributed by atoms with Crippen LogP contribution in [0.5, 0.6) is 5.75 Å². The Hall–Kier alpha value is -0.818. The molecule has 100 valence electrons. The van der Waals surface area contributed by atoms with Gasteiger partial charge in [0.15, 0.2) is 5.91 Å². The molecule has 0 radical (unpaired) electrons. The molecule has 0 heterocycles. The van der Waals surface area contributed by atoms with Gasteiger partial charge < -0.3 is 19.5 Å². The van der Waals surface area contributed by atoms with Crippen LogP contribution in [0.2, 0.25) is 0 Å². The van der Waals surface area contributed by atoms with E-state index >= 15 is 0 Å². The van der Waals surface area contributed by atoms with Crippen molar-refractivity contribution in [3.05, 3.63) is 24.3 Å². The fraction of sp³-hybridized carbons (Fsp3) is 0.500. The first-order chi connectivity index (χ1) is 8.29. The molecule has 0 fully saturated rings. The molecular weight excluding hydrogens is 247 g/mol. The highest BCUT2D eigenvalue weighted by Gasteiger charge is 2.19. The normalized spacial score (nSPS) is 13.4. The number of para-hydroxylation sites is 1. The van der Waals surface area contributed by atoms with Gasteiger partial charge in [0, 0.05) is 5.46 Å². The van der Waals surface area contributed by atoms with Gasteiger partial charge in [-0.2, -0.15) is 0 Å². The summed E-state index contributed by atoms with van der Waals surface area (Å²) in [6.45, 7) is 6.87. The zero-order valence-corrected chi connectivity index (χ0v) is 13.4. The third-order valence-corrected chi connectivity index (χ3v) is 2.81. The molecule has 0 aliphatic carbocycles. The van der Waals surface area contributed by atoms with E-state index in [2.05, 4.69) is 20.8 Å². The maximum Gasteiger partial charge on any atom is 0.492 e. The van der Waals surface area contributed by atoms with Crippen LogP contribution in [0, 0.1) is 5.41 Å². The first-order valence-electron chi connectivity index (χ1n) is 6.03. The van der Waals surface area contributed by atoms with Crippen LogP contribution in [-0.2, 0) is 4.74 Å². The van der Waals surface area contributed by atoms with Gasteiger partial charge in [0.2, 0.25) is 0 Å². The van der Waals surface area contributed by atoms with Crippen molar-refractivity contribution in [1.29, 1.82) is 0 Å². The van der Waals surface area contributed by atoms with Gasteiger partial charge in [-0.25, -0.2) is 0 Å². The topological polar surface area (TPSA) is 58.9 Å². The van der Waals surface area contributed by atoms with E-state index in [0.717, 1.165) is 0 Å². The fourth-order valence-electron chi connectivity index (χ4n) is 1.38. The Bertz CT molecular complexity index is 379. The molecule has 0 bridgehead atoms. The summed E-state index contributed by atoms with van der Waals surface area (Å²) in [5.74, 6) is 0.158. The molecule has 0 saturated carbocycles. The summed E-state index contributed by atoms with van der Waals surface area (Å²) in [5.41, 5.74) is 0.444. The summed E-state index contributed by atoms with van der Waals surface area (Å²) in [4.78, 5) is 0. The van der Waals surface area contributed by atoms with E-state index in [1.165, 1.54) is 0 Å². The Morgan fingerprint density at radius 3 is 2.44 bits per heavy atom. The van der Waals surface area contributed by atoms with Crippen molar-refractivity contribution < 1.29 is 19.5 Å². The van der Waals surface area contributed by atoms with Crippen molar-refractivity contribution >= 4 is 22.8 Å². The second-order valence-electron chi connectivity index (χ2n) is 5.47. The van der Waals surface area contributed by atoms with Crippen molar-refractivity contribution in [2.24, 2.45) is 5.41 Å². The largest absolute Gasteiger partial charge is 0.492 e. The van der Waals surface area contributed by atoms with E-state index in [0.29, 0.717) is 28.1 Å². The van der Waals surface area contributed by atoms with E-state index < -0.39 is 7.12 Å². The van der Waals surface area contributed by atoms with Crippen LogP contribution >= 0.6 is 0 Å². The second kappa shape index (κ2) is 6.38. The van der Waals surface area contributed by atoms with Crippen LogP contribution in [0.15, 0.2) is 24.3 Å². The molecule has 2 N–H and O–H groups in total. The van der Waals surface area contributed by atoms with Gasteiger partial charge >= 0.3 is 7.12 Å². The maximum absolute atomic E-state index is 9.22. The molecule has 1 unspecified atom stereocenters. The van der Waals surface area contributed by atoms with E-state index in [4.69, 9.17) is 9.47 Å². The molecule has 1 aromatic rings. The number of benzene rings is 1. The quantitative estimate of drug-likeness (QED) is 0.556. The minimum Gasteiger partial charge on any atom is -0.470 e. The summed E-state index contributed by atoms with van der Waals surface area (Å²) >= 11 is 0. The Balaban J connectivity index is 2.62. The molecule has 18 heavy (non-hydrogen) atoms. The minimum absolute atomic E-state index is 0.0853. The van der Waals surface area contributed by atoms with Crippen LogP contribution in [0.4, 0.5) is 0 Å². The third kappa shape index (κ3) is 5.22. The van der Waals surface area contributed by atoms with E-state index in [1.807, 2.05) is 0 Å². The molecular formula is C12H21BO4Si. The molecule has 0 amide bonds. The first kappa shape index (κ1) is 15.2. The van der Waals surface area contributed by atoms with E-state index in [-0.39, 0.29) is 11.3 Å². The lowest BCUT2D eigenvalue weighted by molar-refractivity contribution is -0.0490. The monoisotopic (exact) mass is 268 g/mol. The Labute approximate surface area is 112 Å². The summed E-state index contributed by atoms with van der Waals surface area (Å²) in [6.07, 6.45) is 0. The zero-order chi connectivity index (χ0) is 13.8. The highest BCUT2D eigenvalue weighted by atomic mass is 28.1. The highest BCUT2D eigenvalue weighted by Crippen LogP contribution is 2.15. The summed E-state index contributed by atoms with van der Waals surface area (Å²) in [5, 5.41) is 18.4. The molecule has 0 aliphatic rings. The number of hydrogen-bond acceptors (Lipinski definition) is 4. The number of ether oxygens (including phenoxy) is 2. The molecule has 1 aromatic carbocycles. The van der Waals surface area contributed by atoms with Gasteiger partial charge in [-0.05, 0) is 11.5 Å². The second-order valence-corrected chi connectivity index (χ2v) is 6.41. The van der Waals surface area contributed by atoms with E-state index in [9.17, 15) is 10.0 Å². The lowest BCUT2D eigenvalue weighted by Gasteiger charge is -2.23. The smallest absolute Gasteiger partial charge is 0.470 e. The number of hydrogen-bond donors (Lipinski definition) is 2. The van der Waals surface area contributed by atoms with Gasteiger partial charge in [0.1, 0.15) is 5.75 Å². The molecule has 4 nitrogen and oxygen atoms in total. The van der Waals surface area contributed by atoms with Gasteiger partial charge in [-0.1, -0.05) is 39.0 Å². The Morgan fingerprint density at radius 2 is 1.89 bits per heavy atom. The standard InChI is InChI=1S/C12H21BO4Si/c1-12(2,3)8-16-11(18)17-10-7-5-4-6-9(10)13(14)15/h4-7,11,14-15H,8H2,1-3,18H3. The lowest BCUT2D eigenvalue weighted by Crippen LogP contribution is -2.34. The van der Waals surface area contributed by atoms with Gasteiger partial charge in [0.25, 0.3) is 0 Å². The predicted octanol–water partition coefficient (Wildman–Crippen LogP) is -0.543. The maximum atomic E-state index is 9.22. The van der Waals surface area contributed by atoms with Crippen molar-refractivity contribution in [1.82, 2.24) is 0 Å². The van der Waals surface area contributed by atoms with Crippen molar-refractivity contribution in [2.45, 2.75) is 26.7 Å². The number of rotatable bonds is 5. The van der Waals surface area contributed by atoms with Crippen LogP contribution in [0.3, 0.4) is 0 Å². The molecule has 1 atom stereocenters. The van der Waals surface area contributed by atoms with Crippen molar-refractivity contribution in [3.8, 4) is 5.75 Å². The lowest BCUT2D eigenvalue weighted by atomic mass is 9.80. The van der Waals surface area contributed by atoms with E-state index in [1.54, 1.807) is 24.3 Å². The Kier molecular flexibility index (Phi) is 5.40. The van der Waals surface area contributed by atoms with Gasteiger partial charge in [-0.3, -0.25) is 0 Å². The van der Waals surface area contributed by atoms with Crippen LogP contribution < -0.4 is 10.2 Å². The molecule has 0 aliphatic heterocycles. The SMILES string of the molecule is CC(C)(C)COC([SiH3])Oc1ccccc1B(O)O. The molecule has 0 aromatic heterocycles.